The molecule has 1 heterocycles. The molecule has 0 saturated heterocycles. The Hall–Kier alpha value is -3.92. The Kier molecular flexibility index (Phi) is 7.76. The molecule has 11 heteroatoms. The maximum atomic E-state index is 12.3. The molecule has 1 aromatic heterocycles. The molecule has 0 aliphatic heterocycles. The second-order valence-corrected chi connectivity index (χ2v) is 7.05. The van der Waals surface area contributed by atoms with Gasteiger partial charge in [0.2, 0.25) is 11.6 Å². The molecule has 0 spiro atoms. The van der Waals surface area contributed by atoms with Crippen LogP contribution in [-0.4, -0.2) is 27.4 Å². The number of carbonyl (C=O) groups excluding carboxylic acids is 1. The summed E-state index contributed by atoms with van der Waals surface area (Å²) < 4.78 is 5.61. The lowest BCUT2D eigenvalue weighted by molar-refractivity contribution is -0.383. The average molecular weight is 457 g/mol. The van der Waals surface area contributed by atoms with Gasteiger partial charge in [-0.15, -0.1) is 0 Å². The van der Waals surface area contributed by atoms with Crippen molar-refractivity contribution < 1.29 is 14.5 Å². The third-order valence-electron chi connectivity index (χ3n) is 4.27. The number of carbonyl (C=O) groups is 1. The van der Waals surface area contributed by atoms with Crippen molar-refractivity contribution in [1.29, 1.82) is 0 Å². The lowest BCUT2D eigenvalue weighted by atomic mass is 10.2. The normalized spacial score (nSPS) is 10.3. The summed E-state index contributed by atoms with van der Waals surface area (Å²) in [5.41, 5.74) is 5.28. The highest BCUT2D eigenvalue weighted by Gasteiger charge is 2.23. The van der Waals surface area contributed by atoms with Gasteiger partial charge in [0.15, 0.2) is 0 Å². The number of anilines is 3. The van der Waals surface area contributed by atoms with Crippen molar-refractivity contribution in [2.45, 2.75) is 19.8 Å². The molecule has 0 radical (unpaired) electrons. The van der Waals surface area contributed by atoms with E-state index in [0.717, 1.165) is 19.2 Å². The zero-order valence-corrected chi connectivity index (χ0v) is 17.9. The number of benzene rings is 2. The topological polar surface area (TPSA) is 131 Å². The van der Waals surface area contributed by atoms with E-state index < -0.39 is 16.5 Å². The summed E-state index contributed by atoms with van der Waals surface area (Å²) in [6, 6.07) is 13.2. The van der Waals surface area contributed by atoms with Gasteiger partial charge >= 0.3 is 5.69 Å². The maximum Gasteiger partial charge on any atom is 0.355 e. The van der Waals surface area contributed by atoms with Gasteiger partial charge in [-0.05, 0) is 48.9 Å². The van der Waals surface area contributed by atoms with Gasteiger partial charge in [-0.25, -0.2) is 9.97 Å². The summed E-state index contributed by atoms with van der Waals surface area (Å²) in [5.74, 6) is -0.0487. The number of aromatic nitrogens is 2. The van der Waals surface area contributed by atoms with Gasteiger partial charge in [0.25, 0.3) is 5.91 Å². The van der Waals surface area contributed by atoms with Crippen molar-refractivity contribution in [2.75, 3.05) is 17.3 Å². The summed E-state index contributed by atoms with van der Waals surface area (Å²) in [6.45, 7) is 2.70. The van der Waals surface area contributed by atoms with E-state index in [-0.39, 0.29) is 17.2 Å². The SMILES string of the molecule is CCCCOc1ccc(Nc2ncnc(NNC(=O)c3cccc(Cl)c3)c2[N+](=O)[O-])cc1. The van der Waals surface area contributed by atoms with E-state index in [4.69, 9.17) is 16.3 Å². The van der Waals surface area contributed by atoms with Crippen molar-refractivity contribution in [3.8, 4) is 5.75 Å². The summed E-state index contributed by atoms with van der Waals surface area (Å²) in [5, 5.41) is 15.0. The molecule has 3 N–H and O–H groups in total. The molecule has 0 saturated carbocycles. The monoisotopic (exact) mass is 456 g/mol. The van der Waals surface area contributed by atoms with Gasteiger partial charge < -0.3 is 10.1 Å². The second kappa shape index (κ2) is 10.9. The lowest BCUT2D eigenvalue weighted by Gasteiger charge is -2.11. The number of hydrazine groups is 1. The number of amides is 1. The molecule has 10 nitrogen and oxygen atoms in total. The predicted octanol–water partition coefficient (Wildman–Crippen LogP) is 4.72. The van der Waals surface area contributed by atoms with Crippen LogP contribution in [0.2, 0.25) is 5.02 Å². The molecule has 3 aromatic rings. The molecular formula is C21H21ClN6O4. The quantitative estimate of drug-likeness (QED) is 0.227. The Morgan fingerprint density at radius 2 is 1.91 bits per heavy atom. The smallest absolute Gasteiger partial charge is 0.355 e. The molecule has 1 amide bonds. The lowest BCUT2D eigenvalue weighted by Crippen LogP contribution is -2.30. The molecule has 166 valence electrons. The number of unbranched alkanes of at least 4 members (excludes halogenated alkanes) is 1. The molecular weight excluding hydrogens is 436 g/mol. The molecule has 32 heavy (non-hydrogen) atoms. The maximum absolute atomic E-state index is 12.3. The van der Waals surface area contributed by atoms with Crippen LogP contribution in [0, 0.1) is 10.1 Å². The fourth-order valence-electron chi connectivity index (χ4n) is 2.66. The first-order valence-electron chi connectivity index (χ1n) is 9.79. The summed E-state index contributed by atoms with van der Waals surface area (Å²) >= 11 is 5.89. The van der Waals surface area contributed by atoms with Crippen LogP contribution in [0.3, 0.4) is 0 Å². The van der Waals surface area contributed by atoms with Crippen LogP contribution in [0.25, 0.3) is 0 Å². The number of nitrogens with zero attached hydrogens (tertiary/aromatic N) is 3. The van der Waals surface area contributed by atoms with Crippen LogP contribution < -0.4 is 20.9 Å². The summed E-state index contributed by atoms with van der Waals surface area (Å²) in [4.78, 5) is 31.2. The Morgan fingerprint density at radius 1 is 1.16 bits per heavy atom. The van der Waals surface area contributed by atoms with Gasteiger partial charge in [0, 0.05) is 16.3 Å². The highest BCUT2D eigenvalue weighted by Crippen LogP contribution is 2.31. The van der Waals surface area contributed by atoms with Crippen LogP contribution in [0.5, 0.6) is 5.75 Å². The van der Waals surface area contributed by atoms with Gasteiger partial charge in [-0.1, -0.05) is 31.0 Å². The third kappa shape index (κ3) is 6.05. The van der Waals surface area contributed by atoms with Gasteiger partial charge in [-0.2, -0.15) is 0 Å². The minimum Gasteiger partial charge on any atom is -0.494 e. The summed E-state index contributed by atoms with van der Waals surface area (Å²) in [7, 11) is 0. The first-order valence-corrected chi connectivity index (χ1v) is 10.2. The molecule has 0 atom stereocenters. The zero-order valence-electron chi connectivity index (χ0n) is 17.2. The van der Waals surface area contributed by atoms with E-state index in [2.05, 4.69) is 33.1 Å². The number of nitrogens with one attached hydrogen (secondary N) is 3. The molecule has 0 bridgehead atoms. The fraction of sp³-hybridized carbons (Fsp3) is 0.190. The van der Waals surface area contributed by atoms with E-state index >= 15 is 0 Å². The highest BCUT2D eigenvalue weighted by atomic mass is 35.5. The van der Waals surface area contributed by atoms with E-state index in [1.54, 1.807) is 42.5 Å². The predicted molar refractivity (Wildman–Crippen MR) is 121 cm³/mol. The largest absolute Gasteiger partial charge is 0.494 e. The van der Waals surface area contributed by atoms with E-state index in [1.165, 1.54) is 6.07 Å². The fourth-order valence-corrected chi connectivity index (χ4v) is 2.85. The molecule has 0 fully saturated rings. The molecule has 3 rings (SSSR count). The van der Waals surface area contributed by atoms with Crippen molar-refractivity contribution in [1.82, 2.24) is 15.4 Å². The minimum atomic E-state index is -0.640. The molecule has 0 aliphatic rings. The number of hydrogen-bond donors (Lipinski definition) is 3. The zero-order chi connectivity index (χ0) is 22.9. The number of hydrogen-bond acceptors (Lipinski definition) is 8. The highest BCUT2D eigenvalue weighted by molar-refractivity contribution is 6.30. The van der Waals surface area contributed by atoms with Crippen LogP contribution in [0.1, 0.15) is 30.1 Å². The van der Waals surface area contributed by atoms with Crippen molar-refractivity contribution in [3.63, 3.8) is 0 Å². The van der Waals surface area contributed by atoms with Crippen LogP contribution >= 0.6 is 11.6 Å². The Morgan fingerprint density at radius 3 is 2.59 bits per heavy atom. The first-order chi connectivity index (χ1) is 15.5. The Bertz CT molecular complexity index is 1090. The standard InChI is InChI=1S/C21H21ClN6O4/c1-2-3-11-32-17-9-7-16(8-10-17)25-19-18(28(30)31)20(24-13-23-19)26-27-21(29)14-5-4-6-15(22)12-14/h4-10,12-13H,2-3,11H2,1H3,(H,27,29)(H2,23,24,25,26). The van der Waals surface area contributed by atoms with E-state index in [9.17, 15) is 14.9 Å². The average Bonchev–Trinajstić information content (AvgIpc) is 2.78. The van der Waals surface area contributed by atoms with Crippen LogP contribution in [0.15, 0.2) is 54.9 Å². The molecule has 0 unspecified atom stereocenters. The molecule has 2 aromatic carbocycles. The third-order valence-corrected chi connectivity index (χ3v) is 4.50. The van der Waals surface area contributed by atoms with Crippen LogP contribution in [0.4, 0.5) is 23.0 Å². The van der Waals surface area contributed by atoms with Crippen LogP contribution in [-0.2, 0) is 0 Å². The number of halogens is 1. The first kappa shape index (κ1) is 22.8. The number of nitro groups is 1. The van der Waals surface area contributed by atoms with Crippen molar-refractivity contribution in [2.24, 2.45) is 0 Å². The number of ether oxygens (including phenoxy) is 1. The van der Waals surface area contributed by atoms with Gasteiger partial charge in [0.1, 0.15) is 12.1 Å². The van der Waals surface area contributed by atoms with Crippen molar-refractivity contribution >= 4 is 40.5 Å². The number of rotatable bonds is 10. The van der Waals surface area contributed by atoms with E-state index in [1.807, 2.05) is 0 Å². The molecule has 0 aliphatic carbocycles. The Balaban J connectivity index is 1.73. The van der Waals surface area contributed by atoms with Gasteiger partial charge in [0.05, 0.1) is 11.5 Å². The second-order valence-electron chi connectivity index (χ2n) is 6.62. The van der Waals surface area contributed by atoms with Gasteiger partial charge in [-0.3, -0.25) is 25.8 Å². The van der Waals surface area contributed by atoms with Crippen molar-refractivity contribution in [3.05, 3.63) is 75.6 Å². The van der Waals surface area contributed by atoms with E-state index in [0.29, 0.717) is 23.1 Å². The Labute approximate surface area is 189 Å². The summed E-state index contributed by atoms with van der Waals surface area (Å²) in [6.07, 6.45) is 3.13. The minimum absolute atomic E-state index is 0.0378.